The summed E-state index contributed by atoms with van der Waals surface area (Å²) in [6, 6.07) is 45.2. The fraction of sp³-hybridized carbons (Fsp3) is 0.0278. The number of benzene rings is 6. The lowest BCUT2D eigenvalue weighted by atomic mass is 10.0. The fourth-order valence-corrected chi connectivity index (χ4v) is 6.92. The van der Waals surface area contributed by atoms with Crippen LogP contribution in [-0.2, 0) is 0 Å². The van der Waals surface area contributed by atoms with E-state index in [0.29, 0.717) is 5.17 Å². The number of rotatable bonds is 2. The van der Waals surface area contributed by atoms with E-state index in [1.165, 1.54) is 43.4 Å². The Morgan fingerprint density at radius 2 is 1.27 bits per heavy atom. The first-order valence-corrected chi connectivity index (χ1v) is 14.2. The Kier molecular flexibility index (Phi) is 4.69. The van der Waals surface area contributed by atoms with Gasteiger partial charge in [0.1, 0.15) is 5.17 Å². The Balaban J connectivity index is 1.32. The summed E-state index contributed by atoms with van der Waals surface area (Å²) in [5, 5.41) is 11.6. The Labute approximate surface area is 240 Å². The first-order valence-electron chi connectivity index (χ1n) is 13.8. The fourth-order valence-electron chi connectivity index (χ4n) is 6.67. The predicted octanol–water partition coefficient (Wildman–Crippen LogP) is 9.94. The number of nitrogens with zero attached hydrogens (tertiary/aromatic N) is 3. The van der Waals surface area contributed by atoms with Crippen LogP contribution in [0.1, 0.15) is 6.17 Å². The summed E-state index contributed by atoms with van der Waals surface area (Å²) in [7, 11) is 0. The average Bonchev–Trinajstić information content (AvgIpc) is 3.53. The summed E-state index contributed by atoms with van der Waals surface area (Å²) < 4.78 is 4.67. The Hall–Kier alpha value is -5.06. The third kappa shape index (κ3) is 3.19. The maximum Gasteiger partial charge on any atom is 0.159 e. The molecule has 0 amide bonds. The van der Waals surface area contributed by atoms with E-state index in [9.17, 15) is 0 Å². The van der Waals surface area contributed by atoms with Crippen molar-refractivity contribution in [3.05, 3.63) is 127 Å². The lowest BCUT2D eigenvalue weighted by Gasteiger charge is -2.27. The lowest BCUT2D eigenvalue weighted by molar-refractivity contribution is 0.767. The number of anilines is 1. The van der Waals surface area contributed by atoms with Gasteiger partial charge in [0.05, 0.1) is 33.4 Å². The second kappa shape index (κ2) is 8.47. The van der Waals surface area contributed by atoms with Gasteiger partial charge >= 0.3 is 0 Å². The van der Waals surface area contributed by atoms with Gasteiger partial charge in [0, 0.05) is 27.2 Å². The molecule has 0 radical (unpaired) electrons. The summed E-state index contributed by atoms with van der Waals surface area (Å²) in [5.74, 6) is 0. The highest BCUT2D eigenvalue weighted by atomic mass is 35.5. The Morgan fingerprint density at radius 1 is 0.585 bits per heavy atom. The molecule has 41 heavy (non-hydrogen) atoms. The molecule has 0 spiro atoms. The van der Waals surface area contributed by atoms with E-state index in [-0.39, 0.29) is 6.17 Å². The highest BCUT2D eigenvalue weighted by molar-refractivity contribution is 6.67. The summed E-state index contributed by atoms with van der Waals surface area (Å²) >= 11 is 6.86. The first kappa shape index (κ1) is 22.7. The molecular formula is C36H23ClN4. The Bertz CT molecular complexity index is 2380. The summed E-state index contributed by atoms with van der Waals surface area (Å²) in [6.07, 6.45) is -0.306. The van der Waals surface area contributed by atoms with E-state index in [1.54, 1.807) is 0 Å². The van der Waals surface area contributed by atoms with Crippen molar-refractivity contribution in [2.45, 2.75) is 6.17 Å². The van der Waals surface area contributed by atoms with E-state index in [1.807, 2.05) is 24.3 Å². The summed E-state index contributed by atoms with van der Waals surface area (Å²) in [6.45, 7) is 0. The van der Waals surface area contributed by atoms with E-state index < -0.39 is 0 Å². The molecular weight excluding hydrogens is 524 g/mol. The zero-order valence-corrected chi connectivity index (χ0v) is 22.7. The molecule has 0 aliphatic carbocycles. The molecule has 6 aromatic carbocycles. The summed E-state index contributed by atoms with van der Waals surface area (Å²) in [4.78, 5) is 4.74. The van der Waals surface area contributed by atoms with Crippen LogP contribution in [0.3, 0.4) is 0 Å². The first-order chi connectivity index (χ1) is 20.3. The molecule has 0 bridgehead atoms. The van der Waals surface area contributed by atoms with E-state index in [2.05, 4.69) is 118 Å². The molecule has 9 rings (SSSR count). The molecule has 0 fully saturated rings. The van der Waals surface area contributed by atoms with Gasteiger partial charge in [-0.3, -0.25) is 0 Å². The van der Waals surface area contributed by atoms with Crippen LogP contribution in [0.15, 0.2) is 132 Å². The molecule has 1 aliphatic rings. The van der Waals surface area contributed by atoms with Crippen molar-refractivity contribution in [2.24, 2.45) is 4.99 Å². The zero-order chi connectivity index (χ0) is 27.1. The molecule has 4 nitrogen and oxygen atoms in total. The highest BCUT2D eigenvalue weighted by Gasteiger charge is 2.26. The van der Waals surface area contributed by atoms with E-state index >= 15 is 0 Å². The standard InChI is InChI=1S/C36H23ClN4/c37-35-36(39-29-14-6-5-13-28(29)38-35)41-30-15-7-3-11-25(30)27-21-23(18-20-32(27)41)40-31-16-8-4-12-26(31)34-24-10-2-1-9-22(24)17-19-33(34)40/h1-21,36,39H. The molecule has 1 aliphatic heterocycles. The average molecular weight is 547 g/mol. The molecule has 1 N–H and O–H groups in total. The van der Waals surface area contributed by atoms with E-state index in [4.69, 9.17) is 16.6 Å². The van der Waals surface area contributed by atoms with Crippen molar-refractivity contribution in [1.82, 2.24) is 9.13 Å². The monoisotopic (exact) mass is 546 g/mol. The van der Waals surface area contributed by atoms with Crippen molar-refractivity contribution in [3.63, 3.8) is 0 Å². The molecule has 2 aromatic heterocycles. The highest BCUT2D eigenvalue weighted by Crippen LogP contribution is 2.41. The number of nitrogens with one attached hydrogen (secondary N) is 1. The number of halogens is 1. The number of hydrogen-bond donors (Lipinski definition) is 1. The molecule has 0 saturated carbocycles. The van der Waals surface area contributed by atoms with Gasteiger partial charge in [-0.05, 0) is 59.3 Å². The molecule has 8 aromatic rings. The number of hydrogen-bond acceptors (Lipinski definition) is 2. The minimum Gasteiger partial charge on any atom is -0.357 e. The molecule has 3 heterocycles. The van der Waals surface area contributed by atoms with Crippen molar-refractivity contribution < 1.29 is 0 Å². The molecule has 1 atom stereocenters. The summed E-state index contributed by atoms with van der Waals surface area (Å²) in [5.41, 5.74) is 7.57. The number of para-hydroxylation sites is 4. The molecule has 1 unspecified atom stereocenters. The topological polar surface area (TPSA) is 34.2 Å². The van der Waals surface area contributed by atoms with Gasteiger partial charge in [0.15, 0.2) is 6.17 Å². The minimum absolute atomic E-state index is 0.306. The van der Waals surface area contributed by atoms with Crippen LogP contribution in [0, 0.1) is 0 Å². The van der Waals surface area contributed by atoms with Crippen LogP contribution in [0.5, 0.6) is 0 Å². The number of aromatic nitrogens is 2. The van der Waals surface area contributed by atoms with Crippen molar-refractivity contribution in [3.8, 4) is 5.69 Å². The van der Waals surface area contributed by atoms with Crippen LogP contribution in [0.25, 0.3) is 60.1 Å². The molecule has 0 saturated heterocycles. The second-order valence-electron chi connectivity index (χ2n) is 10.6. The van der Waals surface area contributed by atoms with Crippen molar-refractivity contribution >= 4 is 82.5 Å². The van der Waals surface area contributed by atoms with Crippen molar-refractivity contribution in [1.29, 1.82) is 0 Å². The van der Waals surface area contributed by atoms with Gasteiger partial charge in [0.25, 0.3) is 0 Å². The van der Waals surface area contributed by atoms with Gasteiger partial charge in [-0.2, -0.15) is 0 Å². The SMILES string of the molecule is ClC1=Nc2ccccc2NC1n1c2ccccc2c2cc(-n3c4ccccc4c4c5ccccc5ccc43)ccc21. The predicted molar refractivity (Wildman–Crippen MR) is 173 cm³/mol. The van der Waals surface area contributed by atoms with Crippen molar-refractivity contribution in [2.75, 3.05) is 5.32 Å². The van der Waals surface area contributed by atoms with Crippen LogP contribution < -0.4 is 5.32 Å². The normalized spacial score (nSPS) is 15.0. The van der Waals surface area contributed by atoms with Crippen LogP contribution >= 0.6 is 11.6 Å². The van der Waals surface area contributed by atoms with Gasteiger partial charge in [-0.15, -0.1) is 0 Å². The second-order valence-corrected chi connectivity index (χ2v) is 11.0. The Morgan fingerprint density at radius 3 is 2.17 bits per heavy atom. The van der Waals surface area contributed by atoms with Crippen LogP contribution in [0.4, 0.5) is 11.4 Å². The zero-order valence-electron chi connectivity index (χ0n) is 21.9. The number of aliphatic imine (C=N–C) groups is 1. The third-order valence-electron chi connectivity index (χ3n) is 8.42. The smallest absolute Gasteiger partial charge is 0.159 e. The third-order valence-corrected chi connectivity index (χ3v) is 8.71. The maximum atomic E-state index is 6.86. The van der Waals surface area contributed by atoms with E-state index in [0.717, 1.165) is 28.1 Å². The van der Waals surface area contributed by atoms with Gasteiger partial charge in [-0.1, -0.05) is 90.5 Å². The quantitative estimate of drug-likeness (QED) is 0.230. The van der Waals surface area contributed by atoms with Gasteiger partial charge in [-0.25, -0.2) is 4.99 Å². The largest absolute Gasteiger partial charge is 0.357 e. The minimum atomic E-state index is -0.306. The maximum absolute atomic E-state index is 6.86. The van der Waals surface area contributed by atoms with Gasteiger partial charge < -0.3 is 14.5 Å². The lowest BCUT2D eigenvalue weighted by Crippen LogP contribution is -2.26. The van der Waals surface area contributed by atoms with Gasteiger partial charge in [0.2, 0.25) is 0 Å². The number of fused-ring (bicyclic) bond motifs is 9. The molecule has 5 heteroatoms. The van der Waals surface area contributed by atoms with Crippen LogP contribution in [0.2, 0.25) is 0 Å². The van der Waals surface area contributed by atoms with Crippen LogP contribution in [-0.4, -0.2) is 14.3 Å². The molecule has 194 valence electrons.